The highest BCUT2D eigenvalue weighted by Crippen LogP contribution is 2.37. The van der Waals surface area contributed by atoms with Gasteiger partial charge in [0.1, 0.15) is 17.8 Å². The summed E-state index contributed by atoms with van der Waals surface area (Å²) in [4.78, 5) is 12.0. The molecule has 22 heavy (non-hydrogen) atoms. The Balaban J connectivity index is 2.13. The number of rotatable bonds is 3. The first-order chi connectivity index (χ1) is 10.7. The summed E-state index contributed by atoms with van der Waals surface area (Å²) in [6.07, 6.45) is 4.63. The number of anilines is 1. The monoisotopic (exact) mass is 295 g/mol. The maximum atomic E-state index is 12.0. The van der Waals surface area contributed by atoms with Gasteiger partial charge >= 0.3 is 6.03 Å². The number of nitriles is 2. The normalized spacial score (nSPS) is 15.4. The predicted octanol–water partition coefficient (Wildman–Crippen LogP) is 2.68. The highest BCUT2D eigenvalue weighted by molar-refractivity contribution is 5.91. The number of carbonyl (C=O) groups is 1. The lowest BCUT2D eigenvalue weighted by Gasteiger charge is -2.16. The van der Waals surface area contributed by atoms with Crippen molar-refractivity contribution >= 4 is 11.7 Å². The van der Waals surface area contributed by atoms with Crippen LogP contribution in [-0.4, -0.2) is 6.03 Å². The largest absolute Gasteiger partial charge is 0.388 e. The van der Waals surface area contributed by atoms with Crippen LogP contribution in [0.4, 0.5) is 10.5 Å². The van der Waals surface area contributed by atoms with Crippen molar-refractivity contribution in [2.45, 2.75) is 31.6 Å². The third kappa shape index (κ3) is 3.56. The Kier molecular flexibility index (Phi) is 5.00. The van der Waals surface area contributed by atoms with E-state index < -0.39 is 6.03 Å². The van der Waals surface area contributed by atoms with E-state index >= 15 is 0 Å². The first kappa shape index (κ1) is 15.4. The Bertz CT molecular complexity index is 675. The van der Waals surface area contributed by atoms with Crippen molar-refractivity contribution in [2.75, 3.05) is 5.32 Å². The van der Waals surface area contributed by atoms with Gasteiger partial charge in [0.05, 0.1) is 0 Å². The van der Waals surface area contributed by atoms with Gasteiger partial charge in [-0.25, -0.2) is 4.79 Å². The maximum Gasteiger partial charge on any atom is 0.324 e. The van der Waals surface area contributed by atoms with Crippen molar-refractivity contribution in [2.24, 2.45) is 5.73 Å². The van der Waals surface area contributed by atoms with Crippen molar-refractivity contribution in [1.82, 2.24) is 5.32 Å². The summed E-state index contributed by atoms with van der Waals surface area (Å²) in [5.41, 5.74) is 6.61. The molecule has 1 saturated carbocycles. The number of hydrogen-bond donors (Lipinski definition) is 3. The van der Waals surface area contributed by atoms with Gasteiger partial charge < -0.3 is 11.1 Å². The lowest BCUT2D eigenvalue weighted by atomic mass is 9.96. The van der Waals surface area contributed by atoms with E-state index in [2.05, 4.69) is 10.6 Å². The Morgan fingerprint density at radius 1 is 1.18 bits per heavy atom. The summed E-state index contributed by atoms with van der Waals surface area (Å²) in [6, 6.07) is 10.4. The molecule has 0 unspecified atom stereocenters. The number of hydrogen-bond acceptors (Lipinski definition) is 4. The van der Waals surface area contributed by atoms with Crippen LogP contribution >= 0.6 is 0 Å². The Morgan fingerprint density at radius 2 is 1.86 bits per heavy atom. The molecule has 0 heterocycles. The van der Waals surface area contributed by atoms with E-state index in [1.807, 2.05) is 24.3 Å². The quantitative estimate of drug-likeness (QED) is 0.743. The maximum absolute atomic E-state index is 12.0. The second kappa shape index (κ2) is 7.14. The van der Waals surface area contributed by atoms with Crippen molar-refractivity contribution in [1.29, 1.82) is 10.5 Å². The molecule has 2 rings (SSSR count). The molecule has 1 fully saturated rings. The molecular weight excluding hydrogens is 278 g/mol. The zero-order chi connectivity index (χ0) is 15.9. The number of amides is 2. The zero-order valence-corrected chi connectivity index (χ0v) is 12.1. The standard InChI is InChI=1S/C16H17N5O/c17-9-13(19)15(10-18)21-16(22)20-14-8-4-3-7-12(14)11-5-1-2-6-11/h3-4,7-8,11H,1-2,5-6,19H2,(H2,20,21,22)/b15-13-. The van der Waals surface area contributed by atoms with Crippen molar-refractivity contribution < 1.29 is 4.79 Å². The topological polar surface area (TPSA) is 115 Å². The molecule has 0 spiro atoms. The molecule has 4 N–H and O–H groups in total. The molecule has 2 amide bonds. The molecule has 1 aliphatic rings. The number of nitrogens with zero attached hydrogens (tertiary/aromatic N) is 2. The minimum absolute atomic E-state index is 0.252. The summed E-state index contributed by atoms with van der Waals surface area (Å²) < 4.78 is 0. The number of carbonyl (C=O) groups excluding carboxylic acids is 1. The highest BCUT2D eigenvalue weighted by atomic mass is 16.2. The van der Waals surface area contributed by atoms with E-state index in [1.165, 1.54) is 12.8 Å². The molecule has 0 aromatic heterocycles. The number of nitrogens with one attached hydrogen (secondary N) is 2. The minimum atomic E-state index is -0.583. The average molecular weight is 295 g/mol. The van der Waals surface area contributed by atoms with Gasteiger partial charge in [0.2, 0.25) is 0 Å². The van der Waals surface area contributed by atoms with Crippen LogP contribution in [0.25, 0.3) is 0 Å². The number of allylic oxidation sites excluding steroid dienone is 2. The number of urea groups is 1. The Labute approximate surface area is 129 Å². The molecular formula is C16H17N5O. The summed E-state index contributed by atoms with van der Waals surface area (Å²) in [5, 5.41) is 22.6. The van der Waals surface area contributed by atoms with Crippen LogP contribution < -0.4 is 16.4 Å². The van der Waals surface area contributed by atoms with Gasteiger partial charge in [-0.1, -0.05) is 31.0 Å². The van der Waals surface area contributed by atoms with Crippen LogP contribution in [0.2, 0.25) is 0 Å². The molecule has 0 radical (unpaired) electrons. The third-order valence-corrected chi connectivity index (χ3v) is 3.74. The highest BCUT2D eigenvalue weighted by Gasteiger charge is 2.20. The van der Waals surface area contributed by atoms with Crippen LogP contribution in [0.5, 0.6) is 0 Å². The molecule has 112 valence electrons. The number of nitrogens with two attached hydrogens (primary N) is 1. The van der Waals surface area contributed by atoms with E-state index in [9.17, 15) is 4.79 Å². The Morgan fingerprint density at radius 3 is 2.50 bits per heavy atom. The fourth-order valence-corrected chi connectivity index (χ4v) is 2.68. The van der Waals surface area contributed by atoms with Gasteiger partial charge in [-0.3, -0.25) is 5.32 Å². The van der Waals surface area contributed by atoms with Crippen LogP contribution in [0.1, 0.15) is 37.2 Å². The SMILES string of the molecule is N#C/C(N)=C(\C#N)NC(=O)Nc1ccccc1C1CCCC1. The summed E-state index contributed by atoms with van der Waals surface area (Å²) in [6.45, 7) is 0. The molecule has 0 saturated heterocycles. The van der Waals surface area contributed by atoms with Crippen LogP contribution in [0.3, 0.4) is 0 Å². The lowest BCUT2D eigenvalue weighted by Crippen LogP contribution is -2.30. The van der Waals surface area contributed by atoms with Gasteiger partial charge in [-0.15, -0.1) is 0 Å². The van der Waals surface area contributed by atoms with Gasteiger partial charge in [0.25, 0.3) is 0 Å². The van der Waals surface area contributed by atoms with Crippen LogP contribution in [-0.2, 0) is 0 Å². The van der Waals surface area contributed by atoms with Gasteiger partial charge in [-0.2, -0.15) is 10.5 Å². The lowest BCUT2D eigenvalue weighted by molar-refractivity contribution is 0.254. The summed E-state index contributed by atoms with van der Waals surface area (Å²) in [7, 11) is 0. The first-order valence-electron chi connectivity index (χ1n) is 7.12. The number of para-hydroxylation sites is 1. The smallest absolute Gasteiger partial charge is 0.324 e. The molecule has 1 aromatic rings. The van der Waals surface area contributed by atoms with Gasteiger partial charge in [-0.05, 0) is 30.4 Å². The molecule has 1 aromatic carbocycles. The van der Waals surface area contributed by atoms with E-state index in [0.29, 0.717) is 5.92 Å². The van der Waals surface area contributed by atoms with Gasteiger partial charge in [0, 0.05) is 5.69 Å². The van der Waals surface area contributed by atoms with Crippen molar-refractivity contribution in [3.63, 3.8) is 0 Å². The predicted molar refractivity (Wildman–Crippen MR) is 82.2 cm³/mol. The van der Waals surface area contributed by atoms with E-state index in [1.54, 1.807) is 12.1 Å². The fraction of sp³-hybridized carbons (Fsp3) is 0.312. The third-order valence-electron chi connectivity index (χ3n) is 3.74. The van der Waals surface area contributed by atoms with Crippen LogP contribution in [0, 0.1) is 22.7 Å². The molecule has 0 atom stereocenters. The fourth-order valence-electron chi connectivity index (χ4n) is 2.68. The Hall–Kier alpha value is -2.99. The first-order valence-corrected chi connectivity index (χ1v) is 7.12. The minimum Gasteiger partial charge on any atom is -0.388 e. The molecule has 0 aliphatic heterocycles. The van der Waals surface area contributed by atoms with Crippen molar-refractivity contribution in [3.8, 4) is 12.1 Å². The summed E-state index contributed by atoms with van der Waals surface area (Å²) >= 11 is 0. The van der Waals surface area contributed by atoms with Gasteiger partial charge in [0.15, 0.2) is 5.70 Å². The van der Waals surface area contributed by atoms with Crippen LogP contribution in [0.15, 0.2) is 35.7 Å². The van der Waals surface area contributed by atoms with E-state index in [4.69, 9.17) is 16.3 Å². The molecule has 0 bridgehead atoms. The molecule has 6 heteroatoms. The van der Waals surface area contributed by atoms with E-state index in [-0.39, 0.29) is 11.4 Å². The summed E-state index contributed by atoms with van der Waals surface area (Å²) in [5.74, 6) is 0.451. The van der Waals surface area contributed by atoms with Crippen molar-refractivity contribution in [3.05, 3.63) is 41.2 Å². The molecule has 6 nitrogen and oxygen atoms in total. The second-order valence-corrected chi connectivity index (χ2v) is 5.16. The second-order valence-electron chi connectivity index (χ2n) is 5.16. The molecule has 1 aliphatic carbocycles. The average Bonchev–Trinajstić information content (AvgIpc) is 3.06. The van der Waals surface area contributed by atoms with E-state index in [0.717, 1.165) is 24.1 Å². The number of benzene rings is 1. The zero-order valence-electron chi connectivity index (χ0n) is 12.1.